The maximum atomic E-state index is 12.8. The SMILES string of the molecule is CCNC(CCC(=O)O)C(=O)c1c(C)c(C)cc(C)c1C. The van der Waals surface area contributed by atoms with E-state index in [4.69, 9.17) is 5.11 Å². The molecule has 0 saturated heterocycles. The highest BCUT2D eigenvalue weighted by molar-refractivity contribution is 6.03. The van der Waals surface area contributed by atoms with Crippen LogP contribution in [0.3, 0.4) is 0 Å². The normalized spacial score (nSPS) is 12.2. The van der Waals surface area contributed by atoms with Gasteiger partial charge in [0.2, 0.25) is 0 Å². The Kier molecular flexibility index (Phi) is 6.09. The average molecular weight is 291 g/mol. The zero-order chi connectivity index (χ0) is 16.2. The van der Waals surface area contributed by atoms with Gasteiger partial charge in [-0.05, 0) is 62.9 Å². The van der Waals surface area contributed by atoms with Gasteiger partial charge in [0, 0.05) is 12.0 Å². The third kappa shape index (κ3) is 4.14. The maximum absolute atomic E-state index is 12.8. The zero-order valence-corrected chi connectivity index (χ0v) is 13.5. The number of ketones is 1. The predicted octanol–water partition coefficient (Wildman–Crippen LogP) is 2.95. The summed E-state index contributed by atoms with van der Waals surface area (Å²) in [6.45, 7) is 10.5. The number of aliphatic carboxylic acids is 1. The van der Waals surface area contributed by atoms with Crippen molar-refractivity contribution in [1.82, 2.24) is 5.32 Å². The molecule has 0 aromatic heterocycles. The number of carbonyl (C=O) groups excluding carboxylic acids is 1. The molecule has 0 spiro atoms. The van der Waals surface area contributed by atoms with Crippen LogP contribution in [0.4, 0.5) is 0 Å². The Labute approximate surface area is 126 Å². The van der Waals surface area contributed by atoms with Crippen LogP contribution < -0.4 is 5.32 Å². The van der Waals surface area contributed by atoms with Gasteiger partial charge in [-0.25, -0.2) is 0 Å². The molecule has 1 aromatic rings. The molecule has 1 atom stereocenters. The van der Waals surface area contributed by atoms with E-state index in [1.54, 1.807) is 0 Å². The molecule has 4 nitrogen and oxygen atoms in total. The Morgan fingerprint density at radius 1 is 1.14 bits per heavy atom. The van der Waals surface area contributed by atoms with E-state index in [1.807, 2.05) is 34.6 Å². The molecule has 2 N–H and O–H groups in total. The summed E-state index contributed by atoms with van der Waals surface area (Å²) in [5.74, 6) is -0.875. The lowest BCUT2D eigenvalue weighted by atomic mass is 9.88. The van der Waals surface area contributed by atoms with Gasteiger partial charge in [0.15, 0.2) is 5.78 Å². The summed E-state index contributed by atoms with van der Waals surface area (Å²) in [7, 11) is 0. The second-order valence-corrected chi connectivity index (χ2v) is 5.54. The fourth-order valence-electron chi connectivity index (χ4n) is 2.60. The van der Waals surface area contributed by atoms with Crippen LogP contribution in [0.1, 0.15) is 52.4 Å². The minimum absolute atomic E-state index is 0.0000926. The summed E-state index contributed by atoms with van der Waals surface area (Å²) >= 11 is 0. The summed E-state index contributed by atoms with van der Waals surface area (Å²) < 4.78 is 0. The minimum atomic E-state index is -0.875. The lowest BCUT2D eigenvalue weighted by Gasteiger charge is -2.20. The van der Waals surface area contributed by atoms with E-state index in [9.17, 15) is 9.59 Å². The molecule has 4 heteroatoms. The Bertz CT molecular complexity index is 523. The largest absolute Gasteiger partial charge is 0.481 e. The Morgan fingerprint density at radius 2 is 1.67 bits per heavy atom. The minimum Gasteiger partial charge on any atom is -0.481 e. The van der Waals surface area contributed by atoms with Gasteiger partial charge >= 0.3 is 5.97 Å². The monoisotopic (exact) mass is 291 g/mol. The van der Waals surface area contributed by atoms with Crippen molar-refractivity contribution in [3.05, 3.63) is 33.9 Å². The molecular formula is C17H25NO3. The fraction of sp³-hybridized carbons (Fsp3) is 0.529. The fourth-order valence-corrected chi connectivity index (χ4v) is 2.60. The van der Waals surface area contributed by atoms with Crippen LogP contribution in [0.5, 0.6) is 0 Å². The second kappa shape index (κ2) is 7.36. The van der Waals surface area contributed by atoms with Gasteiger partial charge in [0.25, 0.3) is 0 Å². The zero-order valence-electron chi connectivity index (χ0n) is 13.5. The molecule has 0 aliphatic carbocycles. The predicted molar refractivity (Wildman–Crippen MR) is 84.1 cm³/mol. The van der Waals surface area contributed by atoms with Crippen LogP contribution in [0.2, 0.25) is 0 Å². The van der Waals surface area contributed by atoms with Gasteiger partial charge in [0.1, 0.15) is 0 Å². The highest BCUT2D eigenvalue weighted by Crippen LogP contribution is 2.23. The van der Waals surface area contributed by atoms with Crippen LogP contribution in [0.25, 0.3) is 0 Å². The van der Waals surface area contributed by atoms with Crippen molar-refractivity contribution in [3.8, 4) is 0 Å². The number of benzene rings is 1. The third-order valence-corrected chi connectivity index (χ3v) is 4.03. The van der Waals surface area contributed by atoms with E-state index in [0.717, 1.165) is 27.8 Å². The molecule has 21 heavy (non-hydrogen) atoms. The number of hydrogen-bond acceptors (Lipinski definition) is 3. The second-order valence-electron chi connectivity index (χ2n) is 5.54. The van der Waals surface area contributed by atoms with Crippen molar-refractivity contribution in [2.45, 2.75) is 53.5 Å². The van der Waals surface area contributed by atoms with Crippen molar-refractivity contribution >= 4 is 11.8 Å². The lowest BCUT2D eigenvalue weighted by Crippen LogP contribution is -2.38. The molecule has 1 aromatic carbocycles. The van der Waals surface area contributed by atoms with Gasteiger partial charge in [-0.2, -0.15) is 0 Å². The Morgan fingerprint density at radius 3 is 2.10 bits per heavy atom. The first-order valence-corrected chi connectivity index (χ1v) is 7.36. The summed E-state index contributed by atoms with van der Waals surface area (Å²) in [5, 5.41) is 12.0. The van der Waals surface area contributed by atoms with Gasteiger partial charge in [0.05, 0.1) is 6.04 Å². The van der Waals surface area contributed by atoms with E-state index >= 15 is 0 Å². The van der Waals surface area contributed by atoms with E-state index in [0.29, 0.717) is 13.0 Å². The van der Waals surface area contributed by atoms with Crippen LogP contribution in [0, 0.1) is 27.7 Å². The van der Waals surface area contributed by atoms with Crippen molar-refractivity contribution in [1.29, 1.82) is 0 Å². The van der Waals surface area contributed by atoms with E-state index in [-0.39, 0.29) is 12.2 Å². The molecule has 0 radical (unpaired) electrons. The summed E-state index contributed by atoms with van der Waals surface area (Å²) in [6, 6.07) is 1.64. The summed E-state index contributed by atoms with van der Waals surface area (Å²) in [6.07, 6.45) is 0.306. The van der Waals surface area contributed by atoms with Crippen molar-refractivity contribution in [2.24, 2.45) is 0 Å². The van der Waals surface area contributed by atoms with E-state index in [1.165, 1.54) is 0 Å². The van der Waals surface area contributed by atoms with Crippen molar-refractivity contribution < 1.29 is 14.7 Å². The van der Waals surface area contributed by atoms with Crippen LogP contribution >= 0.6 is 0 Å². The number of carboxylic acids is 1. The first kappa shape index (κ1) is 17.4. The number of nitrogens with one attached hydrogen (secondary N) is 1. The van der Waals surface area contributed by atoms with Crippen molar-refractivity contribution in [3.63, 3.8) is 0 Å². The smallest absolute Gasteiger partial charge is 0.303 e. The molecule has 1 unspecified atom stereocenters. The standard InChI is InChI=1S/C17H25NO3/c1-6-18-14(7-8-15(19)20)17(21)16-12(4)10(2)9-11(3)13(16)5/h9,14,18H,6-8H2,1-5H3,(H,19,20). The van der Waals surface area contributed by atoms with Gasteiger partial charge in [-0.1, -0.05) is 13.0 Å². The average Bonchev–Trinajstić information content (AvgIpc) is 2.41. The van der Waals surface area contributed by atoms with Crippen LogP contribution in [0.15, 0.2) is 6.07 Å². The number of carbonyl (C=O) groups is 2. The number of Topliss-reactive ketones (excluding diaryl/α,β-unsaturated/α-hetero) is 1. The molecular weight excluding hydrogens is 266 g/mol. The first-order valence-electron chi connectivity index (χ1n) is 7.36. The number of carboxylic acid groups (broad SMARTS) is 1. The van der Waals surface area contributed by atoms with Gasteiger partial charge < -0.3 is 10.4 Å². The summed E-state index contributed by atoms with van der Waals surface area (Å²) in [4.78, 5) is 23.6. The quantitative estimate of drug-likeness (QED) is 0.758. The number of hydrogen-bond donors (Lipinski definition) is 2. The maximum Gasteiger partial charge on any atom is 0.303 e. The molecule has 116 valence electrons. The molecule has 0 amide bonds. The summed E-state index contributed by atoms with van der Waals surface area (Å²) in [5.41, 5.74) is 4.90. The molecule has 0 saturated carbocycles. The molecule has 0 bridgehead atoms. The first-order chi connectivity index (χ1) is 9.79. The Hall–Kier alpha value is -1.68. The molecule has 0 aliphatic rings. The van der Waals surface area contributed by atoms with Crippen LogP contribution in [-0.4, -0.2) is 29.4 Å². The number of rotatable bonds is 7. The van der Waals surface area contributed by atoms with Gasteiger partial charge in [-0.3, -0.25) is 9.59 Å². The Balaban J connectivity index is 3.17. The lowest BCUT2D eigenvalue weighted by molar-refractivity contribution is -0.137. The number of aryl methyl sites for hydroxylation is 2. The molecule has 1 rings (SSSR count). The van der Waals surface area contributed by atoms with Crippen LogP contribution in [-0.2, 0) is 4.79 Å². The number of likely N-dealkylation sites (N-methyl/N-ethyl adjacent to an activating group) is 1. The molecule has 0 fully saturated rings. The topological polar surface area (TPSA) is 66.4 Å². The molecule has 0 aliphatic heterocycles. The molecule has 0 heterocycles. The van der Waals surface area contributed by atoms with E-state index < -0.39 is 12.0 Å². The van der Waals surface area contributed by atoms with Crippen molar-refractivity contribution in [2.75, 3.05) is 6.54 Å². The highest BCUT2D eigenvalue weighted by Gasteiger charge is 2.24. The van der Waals surface area contributed by atoms with Gasteiger partial charge in [-0.15, -0.1) is 0 Å². The third-order valence-electron chi connectivity index (χ3n) is 4.03. The highest BCUT2D eigenvalue weighted by atomic mass is 16.4. The van der Waals surface area contributed by atoms with E-state index in [2.05, 4.69) is 11.4 Å².